The highest BCUT2D eigenvalue weighted by molar-refractivity contribution is 5.54. The number of nitrogens with zero attached hydrogens (tertiary/aromatic N) is 1. The molecule has 0 spiro atoms. The van der Waals surface area contributed by atoms with Crippen molar-refractivity contribution in [2.75, 3.05) is 23.7 Å². The normalized spacial score (nSPS) is 27.9. The summed E-state index contributed by atoms with van der Waals surface area (Å²) in [7, 11) is 0. The van der Waals surface area contributed by atoms with E-state index in [0.29, 0.717) is 5.69 Å². The summed E-state index contributed by atoms with van der Waals surface area (Å²) in [5.74, 6) is 1.47. The van der Waals surface area contributed by atoms with Crippen molar-refractivity contribution in [3.05, 3.63) is 24.0 Å². The van der Waals surface area contributed by atoms with Crippen LogP contribution < -0.4 is 10.6 Å². The van der Waals surface area contributed by atoms with E-state index >= 15 is 0 Å². The second-order valence-electron chi connectivity index (χ2n) is 5.75. The molecule has 1 saturated carbocycles. The number of nitrogen functional groups attached to an aromatic ring is 1. The molecule has 1 aromatic rings. The number of rotatable bonds is 1. The Bertz CT molecular complexity index is 433. The van der Waals surface area contributed by atoms with E-state index in [4.69, 9.17) is 5.73 Å². The molecule has 2 atom stereocenters. The highest BCUT2D eigenvalue weighted by atomic mass is 19.1. The van der Waals surface area contributed by atoms with Crippen LogP contribution in [0.3, 0.4) is 0 Å². The van der Waals surface area contributed by atoms with Crippen LogP contribution in [0.25, 0.3) is 0 Å². The minimum atomic E-state index is -0.177. The number of hydrogen-bond donors (Lipinski definition) is 1. The molecule has 0 bridgehead atoms. The maximum absolute atomic E-state index is 13.9. The Morgan fingerprint density at radius 3 is 2.67 bits per heavy atom. The van der Waals surface area contributed by atoms with Crippen LogP contribution in [0.1, 0.15) is 32.1 Å². The molecule has 98 valence electrons. The molecule has 1 aromatic carbocycles. The zero-order chi connectivity index (χ0) is 12.5. The van der Waals surface area contributed by atoms with Gasteiger partial charge in [0.2, 0.25) is 0 Å². The van der Waals surface area contributed by atoms with Crippen molar-refractivity contribution in [1.82, 2.24) is 0 Å². The van der Waals surface area contributed by atoms with Crippen molar-refractivity contribution in [1.29, 1.82) is 0 Å². The number of piperidine rings is 1. The van der Waals surface area contributed by atoms with Crippen LogP contribution in [-0.4, -0.2) is 13.1 Å². The Morgan fingerprint density at radius 1 is 1.11 bits per heavy atom. The van der Waals surface area contributed by atoms with E-state index in [2.05, 4.69) is 4.90 Å². The summed E-state index contributed by atoms with van der Waals surface area (Å²) < 4.78 is 13.9. The fourth-order valence-corrected chi connectivity index (χ4v) is 3.60. The minimum Gasteiger partial charge on any atom is -0.399 e. The number of halogens is 1. The predicted molar refractivity (Wildman–Crippen MR) is 73.1 cm³/mol. The molecule has 1 aliphatic carbocycles. The van der Waals surface area contributed by atoms with Gasteiger partial charge in [-0.05, 0) is 42.9 Å². The zero-order valence-electron chi connectivity index (χ0n) is 10.7. The van der Waals surface area contributed by atoms with Crippen molar-refractivity contribution in [2.45, 2.75) is 32.1 Å². The Kier molecular flexibility index (Phi) is 3.14. The van der Waals surface area contributed by atoms with E-state index in [1.165, 1.54) is 38.2 Å². The molecule has 2 N–H and O–H groups in total. The van der Waals surface area contributed by atoms with Crippen LogP contribution in [0.4, 0.5) is 15.8 Å². The summed E-state index contributed by atoms with van der Waals surface area (Å²) in [6.07, 6.45) is 6.64. The molecule has 2 nitrogen and oxygen atoms in total. The smallest absolute Gasteiger partial charge is 0.148 e. The Hall–Kier alpha value is -1.25. The predicted octanol–water partition coefficient (Wildman–Crippen LogP) is 3.42. The number of nitrogens with two attached hydrogens (primary N) is 1. The molecular formula is C15H21FN2. The van der Waals surface area contributed by atoms with Crippen LogP contribution in [0, 0.1) is 17.7 Å². The van der Waals surface area contributed by atoms with E-state index in [9.17, 15) is 4.39 Å². The molecule has 2 aliphatic rings. The molecule has 0 amide bonds. The molecule has 1 saturated heterocycles. The van der Waals surface area contributed by atoms with Crippen molar-refractivity contribution in [2.24, 2.45) is 11.8 Å². The molecule has 3 rings (SSSR count). The van der Waals surface area contributed by atoms with Gasteiger partial charge in [0.25, 0.3) is 0 Å². The molecule has 1 heterocycles. The van der Waals surface area contributed by atoms with Crippen LogP contribution in [0.2, 0.25) is 0 Å². The zero-order valence-corrected chi connectivity index (χ0v) is 10.7. The van der Waals surface area contributed by atoms with Crippen molar-refractivity contribution < 1.29 is 4.39 Å². The lowest BCUT2D eigenvalue weighted by atomic mass is 9.75. The summed E-state index contributed by atoms with van der Waals surface area (Å²) >= 11 is 0. The minimum absolute atomic E-state index is 0.177. The van der Waals surface area contributed by atoms with E-state index in [1.807, 2.05) is 6.07 Å². The van der Waals surface area contributed by atoms with E-state index in [0.717, 1.165) is 30.6 Å². The molecule has 0 radical (unpaired) electrons. The Labute approximate surface area is 108 Å². The topological polar surface area (TPSA) is 29.3 Å². The average molecular weight is 248 g/mol. The number of anilines is 2. The monoisotopic (exact) mass is 248 g/mol. The fraction of sp³-hybridized carbons (Fsp3) is 0.600. The lowest BCUT2D eigenvalue weighted by Gasteiger charge is -2.42. The van der Waals surface area contributed by atoms with Crippen LogP contribution in [0.5, 0.6) is 0 Å². The van der Waals surface area contributed by atoms with Gasteiger partial charge in [-0.2, -0.15) is 0 Å². The standard InChI is InChI=1S/C15H21FN2/c16-14-9-13(17)5-6-15(14)18-8-7-11-3-1-2-4-12(11)10-18/h5-6,9,11-12H,1-4,7-8,10,17H2. The third-order valence-corrected chi connectivity index (χ3v) is 4.60. The lowest BCUT2D eigenvalue weighted by molar-refractivity contribution is 0.202. The molecule has 3 heteroatoms. The van der Waals surface area contributed by atoms with Gasteiger partial charge in [-0.15, -0.1) is 0 Å². The van der Waals surface area contributed by atoms with Crippen LogP contribution in [-0.2, 0) is 0 Å². The number of benzene rings is 1. The van der Waals surface area contributed by atoms with Gasteiger partial charge in [0.1, 0.15) is 5.82 Å². The summed E-state index contributed by atoms with van der Waals surface area (Å²) in [6, 6.07) is 5.06. The van der Waals surface area contributed by atoms with Gasteiger partial charge in [-0.3, -0.25) is 0 Å². The van der Waals surface area contributed by atoms with E-state index < -0.39 is 0 Å². The molecular weight excluding hydrogens is 227 g/mol. The van der Waals surface area contributed by atoms with Crippen molar-refractivity contribution in [3.63, 3.8) is 0 Å². The molecule has 1 aliphatic heterocycles. The van der Waals surface area contributed by atoms with Gasteiger partial charge in [0.15, 0.2) is 0 Å². The molecule has 2 unspecified atom stereocenters. The fourth-order valence-electron chi connectivity index (χ4n) is 3.60. The van der Waals surface area contributed by atoms with Gasteiger partial charge in [-0.1, -0.05) is 19.3 Å². The lowest BCUT2D eigenvalue weighted by Crippen LogP contribution is -2.42. The Balaban J connectivity index is 1.77. The van der Waals surface area contributed by atoms with Crippen molar-refractivity contribution >= 4 is 11.4 Å². The molecule has 18 heavy (non-hydrogen) atoms. The molecule has 2 fully saturated rings. The summed E-state index contributed by atoms with van der Waals surface area (Å²) in [4.78, 5) is 2.21. The van der Waals surface area contributed by atoms with Gasteiger partial charge in [0, 0.05) is 18.8 Å². The van der Waals surface area contributed by atoms with Gasteiger partial charge in [0.05, 0.1) is 5.69 Å². The third kappa shape index (κ3) is 2.18. The van der Waals surface area contributed by atoms with Crippen molar-refractivity contribution in [3.8, 4) is 0 Å². The maximum Gasteiger partial charge on any atom is 0.148 e. The van der Waals surface area contributed by atoms with Gasteiger partial charge < -0.3 is 10.6 Å². The largest absolute Gasteiger partial charge is 0.399 e. The first-order chi connectivity index (χ1) is 8.74. The quantitative estimate of drug-likeness (QED) is 0.772. The molecule has 0 aromatic heterocycles. The first-order valence-corrected chi connectivity index (χ1v) is 7.04. The average Bonchev–Trinajstić information content (AvgIpc) is 2.38. The van der Waals surface area contributed by atoms with Crippen LogP contribution >= 0.6 is 0 Å². The number of fused-ring (bicyclic) bond motifs is 1. The van der Waals surface area contributed by atoms with E-state index in [1.54, 1.807) is 6.07 Å². The first kappa shape index (κ1) is 11.8. The third-order valence-electron chi connectivity index (χ3n) is 4.60. The highest BCUT2D eigenvalue weighted by Gasteiger charge is 2.31. The second-order valence-corrected chi connectivity index (χ2v) is 5.75. The summed E-state index contributed by atoms with van der Waals surface area (Å²) in [5.41, 5.74) is 6.84. The Morgan fingerprint density at radius 2 is 1.89 bits per heavy atom. The van der Waals surface area contributed by atoms with Gasteiger partial charge >= 0.3 is 0 Å². The summed E-state index contributed by atoms with van der Waals surface area (Å²) in [6.45, 7) is 2.01. The first-order valence-electron chi connectivity index (χ1n) is 7.04. The second kappa shape index (κ2) is 4.79. The SMILES string of the molecule is Nc1ccc(N2CCC3CCCCC3C2)c(F)c1. The summed E-state index contributed by atoms with van der Waals surface area (Å²) in [5, 5.41) is 0. The highest BCUT2D eigenvalue weighted by Crippen LogP contribution is 2.38. The van der Waals surface area contributed by atoms with Crippen LogP contribution in [0.15, 0.2) is 18.2 Å². The van der Waals surface area contributed by atoms with E-state index in [-0.39, 0.29) is 5.82 Å². The maximum atomic E-state index is 13.9. The number of hydrogen-bond acceptors (Lipinski definition) is 2. The van der Waals surface area contributed by atoms with Gasteiger partial charge in [-0.25, -0.2) is 4.39 Å².